The second-order valence-corrected chi connectivity index (χ2v) is 6.74. The number of benzene rings is 2. The Bertz CT molecular complexity index is 1280. The summed E-state index contributed by atoms with van der Waals surface area (Å²) in [5.41, 5.74) is 1.63. The van der Waals surface area contributed by atoms with Gasteiger partial charge in [-0.05, 0) is 48.0 Å². The van der Waals surface area contributed by atoms with Crippen LogP contribution in [0.5, 0.6) is 11.5 Å². The summed E-state index contributed by atoms with van der Waals surface area (Å²) in [7, 11) is 3.09. The molecular formula is C24H20N2O4. The minimum atomic E-state index is -0.391. The fraction of sp³-hybridized carbons (Fsp3) is 0.125. The van der Waals surface area contributed by atoms with Crippen LogP contribution in [0.2, 0.25) is 0 Å². The number of fused-ring (bicyclic) bond motifs is 1. The number of pyridine rings is 2. The monoisotopic (exact) mass is 400 g/mol. The van der Waals surface area contributed by atoms with Gasteiger partial charge in [-0.3, -0.25) is 14.2 Å². The van der Waals surface area contributed by atoms with E-state index < -0.39 is 5.56 Å². The molecule has 0 amide bonds. The van der Waals surface area contributed by atoms with Gasteiger partial charge in [0, 0.05) is 18.0 Å². The van der Waals surface area contributed by atoms with Gasteiger partial charge in [0.25, 0.3) is 5.56 Å². The van der Waals surface area contributed by atoms with Crippen LogP contribution in [0.15, 0.2) is 77.7 Å². The van der Waals surface area contributed by atoms with Gasteiger partial charge in [0.2, 0.25) is 0 Å². The maximum atomic E-state index is 13.3. The van der Waals surface area contributed by atoms with E-state index in [1.165, 1.54) is 11.7 Å². The third kappa shape index (κ3) is 3.55. The molecule has 0 aliphatic rings. The van der Waals surface area contributed by atoms with Crippen molar-refractivity contribution in [3.8, 4) is 17.2 Å². The van der Waals surface area contributed by atoms with Crippen molar-refractivity contribution < 1.29 is 14.3 Å². The van der Waals surface area contributed by atoms with Gasteiger partial charge < -0.3 is 9.47 Å². The second-order valence-electron chi connectivity index (χ2n) is 6.74. The number of carbonyl (C=O) groups excluding carboxylic acids is 1. The van der Waals surface area contributed by atoms with E-state index in [2.05, 4.69) is 4.98 Å². The van der Waals surface area contributed by atoms with Gasteiger partial charge >= 0.3 is 0 Å². The summed E-state index contributed by atoms with van der Waals surface area (Å²) in [5, 5.41) is 0.719. The highest BCUT2D eigenvalue weighted by Crippen LogP contribution is 2.28. The third-order valence-electron chi connectivity index (χ3n) is 4.89. The summed E-state index contributed by atoms with van der Waals surface area (Å²) in [6.07, 6.45) is 1.70. The number of hydrogen-bond acceptors (Lipinski definition) is 5. The van der Waals surface area contributed by atoms with Crippen molar-refractivity contribution in [1.82, 2.24) is 9.55 Å². The summed E-state index contributed by atoms with van der Waals surface area (Å²) < 4.78 is 12.0. The zero-order valence-corrected chi connectivity index (χ0v) is 16.7. The molecule has 6 heteroatoms. The van der Waals surface area contributed by atoms with E-state index in [-0.39, 0.29) is 17.8 Å². The molecule has 0 unspecified atom stereocenters. The molecule has 4 rings (SSSR count). The molecule has 0 fully saturated rings. The molecule has 0 saturated heterocycles. The second kappa shape index (κ2) is 8.21. The van der Waals surface area contributed by atoms with Crippen LogP contribution in [0.4, 0.5) is 0 Å². The minimum Gasteiger partial charge on any atom is -0.493 e. The summed E-state index contributed by atoms with van der Waals surface area (Å²) in [6, 6.07) is 19.7. The van der Waals surface area contributed by atoms with Crippen LogP contribution in [-0.4, -0.2) is 29.6 Å². The summed E-state index contributed by atoms with van der Waals surface area (Å²) in [5.74, 6) is 0.840. The van der Waals surface area contributed by atoms with Crippen molar-refractivity contribution in [2.24, 2.45) is 0 Å². The molecule has 0 bridgehead atoms. The lowest BCUT2D eigenvalue weighted by Gasteiger charge is -2.12. The molecule has 4 aromatic rings. The number of nitrogens with zero attached hydrogens (tertiary/aromatic N) is 2. The van der Waals surface area contributed by atoms with Crippen LogP contribution in [-0.2, 0) is 6.42 Å². The molecule has 0 atom stereocenters. The molecule has 150 valence electrons. The van der Waals surface area contributed by atoms with E-state index in [1.807, 2.05) is 36.4 Å². The smallest absolute Gasteiger partial charge is 0.267 e. The predicted molar refractivity (Wildman–Crippen MR) is 115 cm³/mol. The zero-order chi connectivity index (χ0) is 21.1. The Labute approximate surface area is 173 Å². The summed E-state index contributed by atoms with van der Waals surface area (Å²) in [4.78, 5) is 30.8. The first-order valence-corrected chi connectivity index (χ1v) is 9.42. The number of rotatable bonds is 6. The van der Waals surface area contributed by atoms with Crippen molar-refractivity contribution in [3.63, 3.8) is 0 Å². The lowest BCUT2D eigenvalue weighted by Crippen LogP contribution is -2.26. The van der Waals surface area contributed by atoms with E-state index in [9.17, 15) is 9.59 Å². The lowest BCUT2D eigenvalue weighted by molar-refractivity contribution is 0.0991. The number of ketones is 1. The first-order valence-electron chi connectivity index (χ1n) is 9.42. The molecule has 2 heterocycles. The zero-order valence-electron chi connectivity index (χ0n) is 16.7. The highest BCUT2D eigenvalue weighted by Gasteiger charge is 2.18. The van der Waals surface area contributed by atoms with Crippen molar-refractivity contribution >= 4 is 16.8 Å². The number of ether oxygens (including phenoxy) is 2. The van der Waals surface area contributed by atoms with Crippen molar-refractivity contribution in [3.05, 3.63) is 94.4 Å². The lowest BCUT2D eigenvalue weighted by atomic mass is 10.0. The Morgan fingerprint density at radius 1 is 0.933 bits per heavy atom. The van der Waals surface area contributed by atoms with Crippen LogP contribution in [0.25, 0.3) is 16.7 Å². The van der Waals surface area contributed by atoms with Gasteiger partial charge in [-0.15, -0.1) is 0 Å². The maximum Gasteiger partial charge on any atom is 0.267 e. The highest BCUT2D eigenvalue weighted by molar-refractivity contribution is 6.00. The third-order valence-corrected chi connectivity index (χ3v) is 4.89. The summed E-state index contributed by atoms with van der Waals surface area (Å²) in [6.45, 7) is 0. The quantitative estimate of drug-likeness (QED) is 0.460. The van der Waals surface area contributed by atoms with Crippen LogP contribution in [0.3, 0.4) is 0 Å². The number of hydrogen-bond donors (Lipinski definition) is 0. The van der Waals surface area contributed by atoms with Gasteiger partial charge in [0.1, 0.15) is 5.65 Å². The fourth-order valence-corrected chi connectivity index (χ4v) is 3.43. The van der Waals surface area contributed by atoms with Gasteiger partial charge in [0.15, 0.2) is 17.3 Å². The van der Waals surface area contributed by atoms with Crippen molar-refractivity contribution in [1.29, 1.82) is 0 Å². The number of aromatic nitrogens is 2. The standard InChI is InChI=1S/C24H20N2O4/c1-29-21-11-10-16(14-22(21)30-2)13-20(27)19-15-17-7-6-12-25-23(17)26(24(19)28)18-8-4-3-5-9-18/h3-12,14-15H,13H2,1-2H3. The molecule has 2 aromatic carbocycles. The van der Waals surface area contributed by atoms with Gasteiger partial charge in [-0.2, -0.15) is 0 Å². The van der Waals surface area contributed by atoms with Crippen LogP contribution < -0.4 is 15.0 Å². The first-order chi connectivity index (χ1) is 14.6. The molecule has 0 saturated carbocycles. The van der Waals surface area contributed by atoms with E-state index in [1.54, 1.807) is 43.6 Å². The van der Waals surface area contributed by atoms with E-state index in [0.717, 1.165) is 10.9 Å². The van der Waals surface area contributed by atoms with E-state index >= 15 is 0 Å². The van der Waals surface area contributed by atoms with Crippen LogP contribution >= 0.6 is 0 Å². The van der Waals surface area contributed by atoms with Gasteiger partial charge in [0.05, 0.1) is 25.5 Å². The molecule has 0 aliphatic carbocycles. The van der Waals surface area contributed by atoms with E-state index in [4.69, 9.17) is 9.47 Å². The molecule has 2 aromatic heterocycles. The number of methoxy groups -OCH3 is 2. The fourth-order valence-electron chi connectivity index (χ4n) is 3.43. The maximum absolute atomic E-state index is 13.3. The first kappa shape index (κ1) is 19.4. The van der Waals surface area contributed by atoms with Crippen molar-refractivity contribution in [2.75, 3.05) is 14.2 Å². The SMILES string of the molecule is COc1ccc(CC(=O)c2cc3cccnc3n(-c3ccccc3)c2=O)cc1OC. The van der Waals surface area contributed by atoms with Gasteiger partial charge in [-0.1, -0.05) is 24.3 Å². The highest BCUT2D eigenvalue weighted by atomic mass is 16.5. The predicted octanol–water partition coefficient (Wildman–Crippen LogP) is 3.83. The van der Waals surface area contributed by atoms with Gasteiger partial charge in [-0.25, -0.2) is 4.98 Å². The average Bonchev–Trinajstić information content (AvgIpc) is 2.79. The molecule has 30 heavy (non-hydrogen) atoms. The Morgan fingerprint density at radius 3 is 2.43 bits per heavy atom. The number of Topliss-reactive ketones (excluding diaryl/α,β-unsaturated/α-hetero) is 1. The molecule has 0 radical (unpaired) electrons. The van der Waals surface area contributed by atoms with Crippen LogP contribution in [0.1, 0.15) is 15.9 Å². The average molecular weight is 400 g/mol. The Kier molecular flexibility index (Phi) is 5.30. The minimum absolute atomic E-state index is 0.0656. The molecule has 6 nitrogen and oxygen atoms in total. The number of carbonyl (C=O) groups is 1. The number of para-hydroxylation sites is 1. The molecular weight excluding hydrogens is 380 g/mol. The molecule has 0 spiro atoms. The molecule has 0 N–H and O–H groups in total. The van der Waals surface area contributed by atoms with Crippen molar-refractivity contribution in [2.45, 2.75) is 6.42 Å². The largest absolute Gasteiger partial charge is 0.493 e. The molecule has 0 aliphatic heterocycles. The Balaban J connectivity index is 1.81. The normalized spacial score (nSPS) is 10.7. The summed E-state index contributed by atoms with van der Waals surface area (Å²) >= 11 is 0. The van der Waals surface area contributed by atoms with E-state index in [0.29, 0.717) is 22.8 Å². The van der Waals surface area contributed by atoms with Crippen LogP contribution in [0, 0.1) is 0 Å². The topological polar surface area (TPSA) is 70.4 Å². The Hall–Kier alpha value is -3.93. The Morgan fingerprint density at radius 2 is 1.70 bits per heavy atom.